The normalized spacial score (nSPS) is 13.5. The SMILES string of the molecule is CSCC(C)NC(=O)NC(=O)CC(C)CC(=O)O. The summed E-state index contributed by atoms with van der Waals surface area (Å²) in [6, 6.07) is -0.562. The number of thioether (sulfide) groups is 1. The number of carboxylic acid groups (broad SMARTS) is 1. The Balaban J connectivity index is 3.93. The van der Waals surface area contributed by atoms with Gasteiger partial charge in [-0.3, -0.25) is 14.9 Å². The molecule has 2 unspecified atom stereocenters. The number of amides is 3. The van der Waals surface area contributed by atoms with Crippen molar-refractivity contribution in [1.29, 1.82) is 0 Å². The molecule has 0 fully saturated rings. The van der Waals surface area contributed by atoms with Gasteiger partial charge < -0.3 is 10.4 Å². The molecule has 0 aliphatic carbocycles. The third kappa shape index (κ3) is 8.86. The molecule has 0 aromatic heterocycles. The molecule has 0 aliphatic rings. The summed E-state index contributed by atoms with van der Waals surface area (Å²) in [6.45, 7) is 3.50. The standard InChI is InChI=1S/C11H20N2O4S/c1-7(5-10(15)16)4-9(14)13-11(17)12-8(2)6-18-3/h7-8H,4-6H2,1-3H3,(H,15,16)(H2,12,13,14,17). The zero-order chi connectivity index (χ0) is 14.1. The van der Waals surface area contributed by atoms with Gasteiger partial charge >= 0.3 is 12.0 Å². The Kier molecular flexibility index (Phi) is 8.19. The van der Waals surface area contributed by atoms with Crippen LogP contribution in [0.1, 0.15) is 26.7 Å². The second-order valence-corrected chi connectivity index (χ2v) is 5.20. The Morgan fingerprint density at radius 2 is 1.83 bits per heavy atom. The maximum Gasteiger partial charge on any atom is 0.321 e. The van der Waals surface area contributed by atoms with Crippen molar-refractivity contribution in [2.45, 2.75) is 32.7 Å². The minimum atomic E-state index is -0.951. The maximum absolute atomic E-state index is 11.4. The molecule has 18 heavy (non-hydrogen) atoms. The fourth-order valence-electron chi connectivity index (χ4n) is 1.42. The van der Waals surface area contributed by atoms with E-state index < -0.39 is 17.9 Å². The largest absolute Gasteiger partial charge is 0.481 e. The van der Waals surface area contributed by atoms with Crippen LogP contribution < -0.4 is 10.6 Å². The Hall–Kier alpha value is -1.24. The number of aliphatic carboxylic acids is 1. The molecule has 3 amide bonds. The van der Waals surface area contributed by atoms with Crippen molar-refractivity contribution in [3.63, 3.8) is 0 Å². The van der Waals surface area contributed by atoms with E-state index >= 15 is 0 Å². The molecule has 0 aliphatic heterocycles. The molecule has 0 aromatic carbocycles. The van der Waals surface area contributed by atoms with Crippen molar-refractivity contribution >= 4 is 29.7 Å². The molecule has 2 atom stereocenters. The van der Waals surface area contributed by atoms with E-state index in [2.05, 4.69) is 10.6 Å². The summed E-state index contributed by atoms with van der Waals surface area (Å²) in [6.07, 6.45) is 1.86. The number of rotatable bonds is 7. The summed E-state index contributed by atoms with van der Waals surface area (Å²) in [4.78, 5) is 33.2. The maximum atomic E-state index is 11.4. The predicted octanol–water partition coefficient (Wildman–Crippen LogP) is 1.06. The highest BCUT2D eigenvalue weighted by molar-refractivity contribution is 7.98. The molecule has 6 nitrogen and oxygen atoms in total. The molecule has 0 bridgehead atoms. The van der Waals surface area contributed by atoms with Gasteiger partial charge in [-0.1, -0.05) is 6.92 Å². The lowest BCUT2D eigenvalue weighted by molar-refractivity contribution is -0.138. The lowest BCUT2D eigenvalue weighted by Gasteiger charge is -2.13. The first-order valence-electron chi connectivity index (χ1n) is 5.66. The third-order valence-electron chi connectivity index (χ3n) is 2.10. The number of carboxylic acids is 1. The first-order chi connectivity index (χ1) is 8.35. The monoisotopic (exact) mass is 276 g/mol. The molecule has 0 saturated heterocycles. The van der Waals surface area contributed by atoms with Crippen LogP contribution in [-0.2, 0) is 9.59 Å². The summed E-state index contributed by atoms with van der Waals surface area (Å²) in [7, 11) is 0. The van der Waals surface area contributed by atoms with Gasteiger partial charge in [-0.15, -0.1) is 0 Å². The van der Waals surface area contributed by atoms with E-state index in [1.807, 2.05) is 13.2 Å². The van der Waals surface area contributed by atoms with E-state index in [0.717, 1.165) is 5.75 Å². The average molecular weight is 276 g/mol. The number of hydrogen-bond acceptors (Lipinski definition) is 4. The fraction of sp³-hybridized carbons (Fsp3) is 0.727. The lowest BCUT2D eigenvalue weighted by Crippen LogP contribution is -2.44. The highest BCUT2D eigenvalue weighted by Crippen LogP contribution is 2.06. The van der Waals surface area contributed by atoms with Crippen molar-refractivity contribution in [2.75, 3.05) is 12.0 Å². The highest BCUT2D eigenvalue weighted by atomic mass is 32.2. The van der Waals surface area contributed by atoms with Gasteiger partial charge in [0.25, 0.3) is 0 Å². The van der Waals surface area contributed by atoms with Crippen molar-refractivity contribution in [1.82, 2.24) is 10.6 Å². The second kappa shape index (κ2) is 8.79. The van der Waals surface area contributed by atoms with Crippen LogP contribution in [-0.4, -0.2) is 41.1 Å². The Labute approximate surface area is 111 Å². The molecule has 0 aromatic rings. The van der Waals surface area contributed by atoms with E-state index in [1.54, 1.807) is 18.7 Å². The van der Waals surface area contributed by atoms with Crippen molar-refractivity contribution in [3.05, 3.63) is 0 Å². The minimum absolute atomic E-state index is 0.0238. The van der Waals surface area contributed by atoms with Gasteiger partial charge in [-0.2, -0.15) is 11.8 Å². The molecule has 7 heteroatoms. The van der Waals surface area contributed by atoms with Gasteiger partial charge in [-0.25, -0.2) is 4.79 Å². The van der Waals surface area contributed by atoms with Gasteiger partial charge in [0.05, 0.1) is 0 Å². The van der Waals surface area contributed by atoms with Crippen molar-refractivity contribution in [3.8, 4) is 0 Å². The van der Waals surface area contributed by atoms with Crippen molar-refractivity contribution in [2.24, 2.45) is 5.92 Å². The van der Waals surface area contributed by atoms with Crippen LogP contribution in [0.15, 0.2) is 0 Å². The Bertz CT molecular complexity index is 309. The Morgan fingerprint density at radius 1 is 1.22 bits per heavy atom. The van der Waals surface area contributed by atoms with Crippen molar-refractivity contribution < 1.29 is 19.5 Å². The smallest absolute Gasteiger partial charge is 0.321 e. The first-order valence-corrected chi connectivity index (χ1v) is 7.05. The van der Waals surface area contributed by atoms with E-state index in [9.17, 15) is 14.4 Å². The molecule has 104 valence electrons. The number of carbonyl (C=O) groups excluding carboxylic acids is 2. The van der Waals surface area contributed by atoms with Gasteiger partial charge in [0.1, 0.15) is 0 Å². The Morgan fingerprint density at radius 3 is 2.33 bits per heavy atom. The van der Waals surface area contributed by atoms with Crippen LogP contribution >= 0.6 is 11.8 Å². The second-order valence-electron chi connectivity index (χ2n) is 4.29. The quantitative estimate of drug-likeness (QED) is 0.646. The lowest BCUT2D eigenvalue weighted by atomic mass is 10.0. The first kappa shape index (κ1) is 16.8. The summed E-state index contributed by atoms with van der Waals surface area (Å²) >= 11 is 1.60. The molecule has 3 N–H and O–H groups in total. The topological polar surface area (TPSA) is 95.5 Å². The summed E-state index contributed by atoms with van der Waals surface area (Å²) in [5, 5.41) is 13.3. The molecular weight excluding hydrogens is 256 g/mol. The number of urea groups is 1. The number of carbonyl (C=O) groups is 3. The molecule has 0 radical (unpaired) electrons. The number of nitrogens with one attached hydrogen (secondary N) is 2. The summed E-state index contributed by atoms with van der Waals surface area (Å²) in [5.74, 6) is -0.943. The minimum Gasteiger partial charge on any atom is -0.481 e. The highest BCUT2D eigenvalue weighted by Gasteiger charge is 2.15. The summed E-state index contributed by atoms with van der Waals surface area (Å²) in [5.41, 5.74) is 0. The van der Waals surface area contributed by atoms with Crippen LogP contribution in [0.2, 0.25) is 0 Å². The molecule has 0 heterocycles. The van der Waals surface area contributed by atoms with E-state index in [-0.39, 0.29) is 24.8 Å². The van der Waals surface area contributed by atoms with Gasteiger partial charge in [0.2, 0.25) is 5.91 Å². The van der Waals surface area contributed by atoms with Crippen LogP contribution in [0.3, 0.4) is 0 Å². The van der Waals surface area contributed by atoms with Crippen LogP contribution in [0.5, 0.6) is 0 Å². The molecule has 0 saturated carbocycles. The van der Waals surface area contributed by atoms with Crippen LogP contribution in [0.25, 0.3) is 0 Å². The number of imide groups is 1. The molecule has 0 spiro atoms. The zero-order valence-electron chi connectivity index (χ0n) is 10.9. The molecular formula is C11H20N2O4S. The van der Waals surface area contributed by atoms with Gasteiger partial charge in [0, 0.05) is 24.6 Å². The van der Waals surface area contributed by atoms with Crippen LogP contribution in [0, 0.1) is 5.92 Å². The van der Waals surface area contributed by atoms with E-state index in [1.165, 1.54) is 0 Å². The predicted molar refractivity (Wildman–Crippen MR) is 70.6 cm³/mol. The van der Waals surface area contributed by atoms with E-state index in [4.69, 9.17) is 5.11 Å². The van der Waals surface area contributed by atoms with Gasteiger partial charge in [-0.05, 0) is 19.1 Å². The number of hydrogen-bond donors (Lipinski definition) is 3. The molecule has 0 rings (SSSR count). The van der Waals surface area contributed by atoms with E-state index in [0.29, 0.717) is 0 Å². The summed E-state index contributed by atoms with van der Waals surface area (Å²) < 4.78 is 0. The average Bonchev–Trinajstić information content (AvgIpc) is 2.14. The zero-order valence-corrected chi connectivity index (χ0v) is 11.7. The fourth-order valence-corrected chi connectivity index (χ4v) is 2.00. The van der Waals surface area contributed by atoms with Crippen LogP contribution in [0.4, 0.5) is 4.79 Å². The van der Waals surface area contributed by atoms with Gasteiger partial charge in [0.15, 0.2) is 0 Å². The third-order valence-corrected chi connectivity index (χ3v) is 2.94.